The van der Waals surface area contributed by atoms with E-state index in [0.29, 0.717) is 18.0 Å². The van der Waals surface area contributed by atoms with Crippen LogP contribution in [0.3, 0.4) is 0 Å². The largest absolute Gasteiger partial charge is 0.352 e. The summed E-state index contributed by atoms with van der Waals surface area (Å²) in [5.41, 5.74) is 0.657. The average Bonchev–Trinajstić information content (AvgIpc) is 2.82. The van der Waals surface area contributed by atoms with Crippen molar-refractivity contribution >= 4 is 17.7 Å². The number of nitrogens with one attached hydrogen (secondary N) is 1. The molecular formula is C13H16FNOS. The predicted molar refractivity (Wildman–Crippen MR) is 68.9 cm³/mol. The minimum Gasteiger partial charge on any atom is -0.352 e. The molecule has 0 bridgehead atoms. The Kier molecular flexibility index (Phi) is 4.05. The Balaban J connectivity index is 1.97. The molecule has 1 fully saturated rings. The van der Waals surface area contributed by atoms with Crippen LogP contribution < -0.4 is 5.32 Å². The summed E-state index contributed by atoms with van der Waals surface area (Å²) in [4.78, 5) is 11.8. The van der Waals surface area contributed by atoms with Gasteiger partial charge in [-0.25, -0.2) is 4.39 Å². The number of thioether (sulfide) groups is 1. The van der Waals surface area contributed by atoms with E-state index >= 15 is 0 Å². The van der Waals surface area contributed by atoms with Crippen molar-refractivity contribution in [3.05, 3.63) is 35.1 Å². The van der Waals surface area contributed by atoms with E-state index in [1.54, 1.807) is 19.1 Å². The highest BCUT2D eigenvalue weighted by Gasteiger charge is 2.18. The summed E-state index contributed by atoms with van der Waals surface area (Å²) in [6.07, 6.45) is 1.14. The number of carbonyl (C=O) groups is 1. The SMILES string of the molecule is Cc1cccc(C(=O)NCC2CCSC2)c1F. The van der Waals surface area contributed by atoms with Crippen LogP contribution >= 0.6 is 11.8 Å². The third-order valence-corrected chi connectivity index (χ3v) is 4.24. The van der Waals surface area contributed by atoms with Gasteiger partial charge >= 0.3 is 0 Å². The van der Waals surface area contributed by atoms with E-state index in [2.05, 4.69) is 5.32 Å². The lowest BCUT2D eigenvalue weighted by Gasteiger charge is -2.11. The first-order valence-electron chi connectivity index (χ1n) is 5.79. The molecule has 17 heavy (non-hydrogen) atoms. The second kappa shape index (κ2) is 5.54. The first-order valence-corrected chi connectivity index (χ1v) is 6.95. The predicted octanol–water partition coefficient (Wildman–Crippen LogP) is 2.62. The Morgan fingerprint density at radius 2 is 2.41 bits per heavy atom. The molecule has 0 spiro atoms. The molecule has 1 aromatic carbocycles. The molecule has 1 unspecified atom stereocenters. The molecule has 4 heteroatoms. The smallest absolute Gasteiger partial charge is 0.254 e. The highest BCUT2D eigenvalue weighted by molar-refractivity contribution is 7.99. The summed E-state index contributed by atoms with van der Waals surface area (Å²) < 4.78 is 13.7. The highest BCUT2D eigenvalue weighted by Crippen LogP contribution is 2.22. The van der Waals surface area contributed by atoms with Crippen LogP contribution in [0.1, 0.15) is 22.3 Å². The second-order valence-corrected chi connectivity index (χ2v) is 5.53. The molecule has 1 aliphatic heterocycles. The van der Waals surface area contributed by atoms with Gasteiger partial charge in [0.2, 0.25) is 0 Å². The van der Waals surface area contributed by atoms with Crippen molar-refractivity contribution in [2.75, 3.05) is 18.1 Å². The zero-order chi connectivity index (χ0) is 12.3. The average molecular weight is 253 g/mol. The third kappa shape index (κ3) is 3.00. The van der Waals surface area contributed by atoms with E-state index in [4.69, 9.17) is 0 Å². The molecule has 1 amide bonds. The van der Waals surface area contributed by atoms with E-state index in [1.165, 1.54) is 11.8 Å². The monoisotopic (exact) mass is 253 g/mol. The lowest BCUT2D eigenvalue weighted by molar-refractivity contribution is 0.0944. The van der Waals surface area contributed by atoms with Gasteiger partial charge in [-0.1, -0.05) is 12.1 Å². The van der Waals surface area contributed by atoms with Gasteiger partial charge in [0.05, 0.1) is 5.56 Å². The van der Waals surface area contributed by atoms with E-state index < -0.39 is 5.82 Å². The van der Waals surface area contributed by atoms with E-state index in [0.717, 1.165) is 12.2 Å². The molecular weight excluding hydrogens is 237 g/mol. The number of rotatable bonds is 3. The summed E-state index contributed by atoms with van der Waals surface area (Å²) in [5, 5.41) is 2.82. The molecule has 1 aromatic rings. The van der Waals surface area contributed by atoms with Gasteiger partial charge in [-0.05, 0) is 42.4 Å². The molecule has 0 aromatic heterocycles. The minimum atomic E-state index is -0.411. The second-order valence-electron chi connectivity index (χ2n) is 4.38. The summed E-state index contributed by atoms with van der Waals surface area (Å²) in [7, 11) is 0. The van der Waals surface area contributed by atoms with Crippen LogP contribution in [0.15, 0.2) is 18.2 Å². The lowest BCUT2D eigenvalue weighted by atomic mass is 10.1. The van der Waals surface area contributed by atoms with Crippen molar-refractivity contribution in [2.24, 2.45) is 5.92 Å². The molecule has 92 valence electrons. The van der Waals surface area contributed by atoms with Crippen molar-refractivity contribution in [1.82, 2.24) is 5.32 Å². The number of hydrogen-bond donors (Lipinski definition) is 1. The molecule has 1 heterocycles. The number of aryl methyl sites for hydroxylation is 1. The van der Waals surface area contributed by atoms with Gasteiger partial charge in [-0.15, -0.1) is 0 Å². The van der Waals surface area contributed by atoms with Crippen molar-refractivity contribution in [2.45, 2.75) is 13.3 Å². The van der Waals surface area contributed by atoms with Crippen LogP contribution in [0.25, 0.3) is 0 Å². The fourth-order valence-corrected chi connectivity index (χ4v) is 3.18. The van der Waals surface area contributed by atoms with Crippen molar-refractivity contribution in [1.29, 1.82) is 0 Å². The minimum absolute atomic E-state index is 0.149. The van der Waals surface area contributed by atoms with E-state index in [1.807, 2.05) is 11.8 Å². The van der Waals surface area contributed by atoms with Gasteiger partial charge in [-0.2, -0.15) is 11.8 Å². The Morgan fingerprint density at radius 3 is 3.12 bits per heavy atom. The molecule has 0 aliphatic carbocycles. The normalized spacial score (nSPS) is 19.3. The topological polar surface area (TPSA) is 29.1 Å². The summed E-state index contributed by atoms with van der Waals surface area (Å²) in [6.45, 7) is 2.32. The van der Waals surface area contributed by atoms with E-state index in [-0.39, 0.29) is 11.5 Å². The number of benzene rings is 1. The Hall–Kier alpha value is -1.03. The van der Waals surface area contributed by atoms with Gasteiger partial charge in [0.1, 0.15) is 5.82 Å². The fourth-order valence-electron chi connectivity index (χ4n) is 1.90. The van der Waals surface area contributed by atoms with Crippen molar-refractivity contribution in [3.8, 4) is 0 Å². The number of carbonyl (C=O) groups excluding carboxylic acids is 1. The molecule has 2 rings (SSSR count). The van der Waals surface area contributed by atoms with Crippen LogP contribution in [-0.4, -0.2) is 24.0 Å². The zero-order valence-corrected chi connectivity index (χ0v) is 10.6. The maximum absolute atomic E-state index is 13.7. The Morgan fingerprint density at radius 1 is 1.59 bits per heavy atom. The lowest BCUT2D eigenvalue weighted by Crippen LogP contribution is -2.30. The maximum Gasteiger partial charge on any atom is 0.254 e. The number of amides is 1. The first-order chi connectivity index (χ1) is 8.18. The van der Waals surface area contributed by atoms with E-state index in [9.17, 15) is 9.18 Å². The van der Waals surface area contributed by atoms with Gasteiger partial charge in [0, 0.05) is 6.54 Å². The maximum atomic E-state index is 13.7. The van der Waals surface area contributed by atoms with Gasteiger partial charge in [0.15, 0.2) is 0 Å². The fraction of sp³-hybridized carbons (Fsp3) is 0.462. The van der Waals surface area contributed by atoms with Crippen LogP contribution in [0.5, 0.6) is 0 Å². The summed E-state index contributed by atoms with van der Waals surface area (Å²) in [6, 6.07) is 4.90. The Labute approximate surface area is 105 Å². The quantitative estimate of drug-likeness (QED) is 0.897. The summed E-state index contributed by atoms with van der Waals surface area (Å²) in [5.74, 6) is 2.08. The molecule has 0 radical (unpaired) electrons. The van der Waals surface area contributed by atoms with Crippen LogP contribution in [0.2, 0.25) is 0 Å². The van der Waals surface area contributed by atoms with Crippen molar-refractivity contribution < 1.29 is 9.18 Å². The standard InChI is InChI=1S/C13H16FNOS/c1-9-3-2-4-11(12(9)14)13(16)15-7-10-5-6-17-8-10/h2-4,10H,5-8H2,1H3,(H,15,16). The van der Waals surface area contributed by atoms with Gasteiger partial charge in [-0.3, -0.25) is 4.79 Å². The first kappa shape index (κ1) is 12.4. The van der Waals surface area contributed by atoms with Crippen LogP contribution in [-0.2, 0) is 0 Å². The highest BCUT2D eigenvalue weighted by atomic mass is 32.2. The number of hydrogen-bond acceptors (Lipinski definition) is 2. The van der Waals surface area contributed by atoms with Crippen molar-refractivity contribution in [3.63, 3.8) is 0 Å². The summed E-state index contributed by atoms with van der Waals surface area (Å²) >= 11 is 1.91. The Bertz CT molecular complexity index is 416. The zero-order valence-electron chi connectivity index (χ0n) is 9.83. The molecule has 0 saturated carbocycles. The van der Waals surface area contributed by atoms with Crippen LogP contribution in [0, 0.1) is 18.7 Å². The number of halogens is 1. The third-order valence-electron chi connectivity index (χ3n) is 3.01. The molecule has 1 aliphatic rings. The van der Waals surface area contributed by atoms with Crippen LogP contribution in [0.4, 0.5) is 4.39 Å². The van der Waals surface area contributed by atoms with Gasteiger partial charge in [0.25, 0.3) is 5.91 Å². The molecule has 1 N–H and O–H groups in total. The van der Waals surface area contributed by atoms with Gasteiger partial charge < -0.3 is 5.32 Å². The molecule has 2 nitrogen and oxygen atoms in total. The molecule has 1 atom stereocenters. The molecule has 1 saturated heterocycles.